The zero-order chi connectivity index (χ0) is 39.3. The fraction of sp³-hybridized carbons (Fsp3) is 0.455. The predicted molar refractivity (Wildman–Crippen MR) is 225 cm³/mol. The molecule has 6 aliphatic heterocycles. The average molecular weight is 819 g/mol. The lowest BCUT2D eigenvalue weighted by Gasteiger charge is -2.50. The minimum absolute atomic E-state index is 0.0461. The first kappa shape index (κ1) is 37.3. The minimum atomic E-state index is -1.52. The number of carbonyl (C=O) groups is 2. The normalized spacial score (nSPS) is 20.3. The number of amides is 1. The Kier molecular flexibility index (Phi) is 8.21. The molecule has 55 heavy (non-hydrogen) atoms. The second-order valence-electron chi connectivity index (χ2n) is 18.0. The number of benzene rings is 3. The van der Waals surface area contributed by atoms with E-state index in [0.717, 1.165) is 83.3 Å². The van der Waals surface area contributed by atoms with E-state index in [1.54, 1.807) is 0 Å². The highest BCUT2D eigenvalue weighted by Crippen LogP contribution is 2.66. The first-order chi connectivity index (χ1) is 25.8. The van der Waals surface area contributed by atoms with Gasteiger partial charge in [-0.1, -0.05) is 47.0 Å². The Morgan fingerprint density at radius 3 is 1.84 bits per heavy atom. The molecule has 0 aromatic heterocycles. The topological polar surface area (TPSA) is 71.1 Å². The van der Waals surface area contributed by atoms with E-state index in [2.05, 4.69) is 80.9 Å². The number of allylic oxidation sites excluding steroid dienone is 2. The number of esters is 1. The molecule has 11 heteroatoms. The second kappa shape index (κ2) is 12.1. The molecular formula is C44H46Cl3N3O4S. The molecule has 3 aromatic rings. The first-order valence-corrected chi connectivity index (χ1v) is 21.3. The Balaban J connectivity index is 1.38. The van der Waals surface area contributed by atoms with Crippen molar-refractivity contribution in [3.8, 4) is 11.5 Å². The number of rotatable bonds is 3. The van der Waals surface area contributed by atoms with Crippen molar-refractivity contribution in [2.45, 2.75) is 115 Å². The predicted octanol–water partition coefficient (Wildman–Crippen LogP) is 11.1. The van der Waals surface area contributed by atoms with Crippen LogP contribution in [0.15, 0.2) is 29.2 Å². The highest BCUT2D eigenvalue weighted by atomic mass is 35.5. The molecule has 288 valence electrons. The van der Waals surface area contributed by atoms with E-state index in [-0.39, 0.29) is 43.4 Å². The van der Waals surface area contributed by atoms with Crippen molar-refractivity contribution in [2.24, 2.45) is 0 Å². The van der Waals surface area contributed by atoms with Crippen molar-refractivity contribution in [1.29, 1.82) is 0 Å². The Bertz CT molecular complexity index is 2270. The molecular weight excluding hydrogens is 773 g/mol. The summed E-state index contributed by atoms with van der Waals surface area (Å²) in [6, 6.07) is 4.31. The summed E-state index contributed by atoms with van der Waals surface area (Å²) in [5.74, 6) is 0.681. The molecule has 1 spiro atoms. The summed E-state index contributed by atoms with van der Waals surface area (Å²) in [4.78, 5) is 33.1. The average Bonchev–Trinajstić information content (AvgIpc) is 3.40. The van der Waals surface area contributed by atoms with Crippen molar-refractivity contribution in [3.63, 3.8) is 0 Å². The number of anilines is 2. The Hall–Kier alpha value is -3.30. The van der Waals surface area contributed by atoms with Crippen LogP contribution in [0.2, 0.25) is 15.1 Å². The molecule has 9 rings (SSSR count). The number of carbonyl (C=O) groups excluding carboxylic acids is 2. The summed E-state index contributed by atoms with van der Waals surface area (Å²) in [6.07, 6.45) is 8.14. The van der Waals surface area contributed by atoms with Gasteiger partial charge in [-0.2, -0.15) is 0 Å². The van der Waals surface area contributed by atoms with Gasteiger partial charge in [0.05, 0.1) is 48.8 Å². The Morgan fingerprint density at radius 2 is 1.35 bits per heavy atom. The Morgan fingerprint density at radius 1 is 0.836 bits per heavy atom. The van der Waals surface area contributed by atoms with Gasteiger partial charge in [0.2, 0.25) is 5.91 Å². The van der Waals surface area contributed by atoms with Gasteiger partial charge in [-0.05, 0) is 111 Å². The molecule has 0 radical (unpaired) electrons. The van der Waals surface area contributed by atoms with E-state index >= 15 is 0 Å². The molecule has 0 fully saturated rings. The SMILES string of the molecule is CC1=CC(C)(C)N2CCCc3c4c(cc1c32)C1(OC(=O)c2c(Cl)c(Cl)c(SCC(=O)NC(C)(C)C)c(Cl)c21)c1cc2c3c(c1O4)CCCN3C(C)(C)C=C2C. The smallest absolute Gasteiger partial charge is 0.341 e. The summed E-state index contributed by atoms with van der Waals surface area (Å²) in [5.41, 5.74) is 8.68. The highest BCUT2D eigenvalue weighted by Gasteiger charge is 2.59. The minimum Gasteiger partial charge on any atom is -0.456 e. The van der Waals surface area contributed by atoms with Crippen LogP contribution in [0.4, 0.5) is 11.4 Å². The molecule has 0 saturated carbocycles. The van der Waals surface area contributed by atoms with E-state index in [1.165, 1.54) is 23.1 Å². The van der Waals surface area contributed by atoms with Crippen molar-refractivity contribution in [3.05, 3.63) is 83.9 Å². The number of nitrogens with one attached hydrogen (secondary N) is 1. The van der Waals surface area contributed by atoms with Crippen LogP contribution in [0.3, 0.4) is 0 Å². The van der Waals surface area contributed by atoms with Crippen molar-refractivity contribution >= 4 is 81.0 Å². The standard InChI is InChI=1S/C44H46Cl3N3O4S/c1-21-18-42(6,7)49-14-10-12-23-35(49)25(21)16-27-37(23)53-38-24-13-11-15-50-36(24)26(22(2)19-43(50,8)9)17-28(38)44(27)31-30(40(52)54-44)32(45)34(47)39(33(31)46)55-20-29(51)48-41(3,4)5/h16-19H,10-15,20H2,1-9H3,(H,48,51). The fourth-order valence-electron chi connectivity index (χ4n) is 10.2. The summed E-state index contributed by atoms with van der Waals surface area (Å²) >= 11 is 22.9. The fourth-order valence-corrected chi connectivity index (χ4v) is 12.2. The van der Waals surface area contributed by atoms with Gasteiger partial charge in [0.15, 0.2) is 5.60 Å². The van der Waals surface area contributed by atoms with E-state index in [9.17, 15) is 9.59 Å². The number of hydrogen-bond donors (Lipinski definition) is 1. The van der Waals surface area contributed by atoms with Gasteiger partial charge >= 0.3 is 5.97 Å². The molecule has 6 heterocycles. The maximum absolute atomic E-state index is 14.6. The molecule has 0 aliphatic carbocycles. The molecule has 0 bridgehead atoms. The molecule has 1 amide bonds. The zero-order valence-corrected chi connectivity index (χ0v) is 35.9. The second-order valence-corrected chi connectivity index (χ2v) is 20.1. The van der Waals surface area contributed by atoms with Gasteiger partial charge in [0.25, 0.3) is 0 Å². The molecule has 3 aromatic carbocycles. The third kappa shape index (κ3) is 5.23. The van der Waals surface area contributed by atoms with E-state index in [4.69, 9.17) is 44.3 Å². The number of thioether (sulfide) groups is 1. The molecule has 0 unspecified atom stereocenters. The third-order valence-electron chi connectivity index (χ3n) is 12.1. The lowest BCUT2D eigenvalue weighted by atomic mass is 9.71. The maximum atomic E-state index is 14.6. The van der Waals surface area contributed by atoms with E-state index in [1.807, 2.05) is 20.8 Å². The molecule has 6 aliphatic rings. The van der Waals surface area contributed by atoms with Gasteiger partial charge in [0, 0.05) is 62.5 Å². The van der Waals surface area contributed by atoms with Crippen LogP contribution < -0.4 is 19.9 Å². The van der Waals surface area contributed by atoms with Gasteiger partial charge in [0.1, 0.15) is 11.5 Å². The van der Waals surface area contributed by atoms with Crippen LogP contribution >= 0.6 is 46.6 Å². The van der Waals surface area contributed by atoms with Crippen LogP contribution in [0.25, 0.3) is 11.1 Å². The highest BCUT2D eigenvalue weighted by molar-refractivity contribution is 8.00. The van der Waals surface area contributed by atoms with Crippen LogP contribution in [0.1, 0.15) is 124 Å². The summed E-state index contributed by atoms with van der Waals surface area (Å²) in [6.45, 7) is 21.0. The van der Waals surface area contributed by atoms with Gasteiger partial charge in [-0.25, -0.2) is 4.79 Å². The monoisotopic (exact) mass is 817 g/mol. The van der Waals surface area contributed by atoms with Crippen molar-refractivity contribution in [2.75, 3.05) is 28.6 Å². The number of ether oxygens (including phenoxy) is 2. The van der Waals surface area contributed by atoms with Crippen molar-refractivity contribution < 1.29 is 19.1 Å². The van der Waals surface area contributed by atoms with E-state index < -0.39 is 17.1 Å². The first-order valence-electron chi connectivity index (χ1n) is 19.2. The summed E-state index contributed by atoms with van der Waals surface area (Å²) in [5, 5.41) is 3.43. The van der Waals surface area contributed by atoms with Crippen LogP contribution in [-0.2, 0) is 28.0 Å². The maximum Gasteiger partial charge on any atom is 0.341 e. The van der Waals surface area contributed by atoms with Crippen LogP contribution in [-0.4, -0.2) is 47.3 Å². The van der Waals surface area contributed by atoms with Gasteiger partial charge in [-0.3, -0.25) is 4.79 Å². The lowest BCUT2D eigenvalue weighted by Crippen LogP contribution is -2.49. The molecule has 0 saturated heterocycles. The quantitative estimate of drug-likeness (QED) is 0.160. The molecule has 1 N–H and O–H groups in total. The number of halogens is 3. The largest absolute Gasteiger partial charge is 0.456 e. The third-order valence-corrected chi connectivity index (χ3v) is 14.7. The summed E-state index contributed by atoms with van der Waals surface area (Å²) in [7, 11) is 0. The number of fused-ring (bicyclic) bond motifs is 8. The lowest BCUT2D eigenvalue weighted by molar-refractivity contribution is -0.119. The van der Waals surface area contributed by atoms with Gasteiger partial charge < -0.3 is 24.6 Å². The summed E-state index contributed by atoms with van der Waals surface area (Å²) < 4.78 is 14.3. The Labute approximate surface area is 342 Å². The van der Waals surface area contributed by atoms with E-state index in [0.29, 0.717) is 22.0 Å². The zero-order valence-electron chi connectivity index (χ0n) is 32.8. The van der Waals surface area contributed by atoms with Crippen LogP contribution in [0.5, 0.6) is 11.5 Å². The number of hydrogen-bond acceptors (Lipinski definition) is 7. The van der Waals surface area contributed by atoms with Crippen molar-refractivity contribution in [1.82, 2.24) is 5.32 Å². The molecule has 7 nitrogen and oxygen atoms in total. The van der Waals surface area contributed by atoms with Gasteiger partial charge in [-0.15, -0.1) is 11.8 Å². The number of nitrogens with zero attached hydrogens (tertiary/aromatic N) is 2. The molecule has 0 atom stereocenters. The van der Waals surface area contributed by atoms with Crippen LogP contribution in [0, 0.1) is 0 Å².